The summed E-state index contributed by atoms with van der Waals surface area (Å²) in [6.07, 6.45) is 0.606. The molecule has 0 aliphatic rings. The molecule has 0 aliphatic heterocycles. The third kappa shape index (κ3) is 6.46. The van der Waals surface area contributed by atoms with Crippen molar-refractivity contribution in [2.24, 2.45) is 4.99 Å². The Morgan fingerprint density at radius 1 is 1.29 bits per heavy atom. The van der Waals surface area contributed by atoms with Crippen molar-refractivity contribution in [1.29, 1.82) is 0 Å². The third-order valence-electron chi connectivity index (χ3n) is 4.01. The SMILES string of the molecule is CN=C(NCCc1nc(-c2cccc(Cl)c2)no1)NCC(C)c1cccs1.I. The summed E-state index contributed by atoms with van der Waals surface area (Å²) in [4.78, 5) is 10.0. The van der Waals surface area contributed by atoms with Gasteiger partial charge in [0.1, 0.15) is 0 Å². The molecule has 2 N–H and O–H groups in total. The fraction of sp³-hybridized carbons (Fsp3) is 0.316. The van der Waals surface area contributed by atoms with Gasteiger partial charge in [0, 0.05) is 47.9 Å². The van der Waals surface area contributed by atoms with Crippen LogP contribution in [0.1, 0.15) is 23.6 Å². The van der Waals surface area contributed by atoms with Crippen LogP contribution in [0.2, 0.25) is 5.02 Å². The fourth-order valence-electron chi connectivity index (χ4n) is 2.53. The van der Waals surface area contributed by atoms with E-state index in [0.717, 1.165) is 18.1 Å². The third-order valence-corrected chi connectivity index (χ3v) is 5.35. The minimum Gasteiger partial charge on any atom is -0.356 e. The molecule has 0 saturated heterocycles. The highest BCUT2D eigenvalue weighted by atomic mass is 127. The van der Waals surface area contributed by atoms with E-state index < -0.39 is 0 Å². The number of guanidine groups is 1. The zero-order chi connectivity index (χ0) is 19.1. The number of thiophene rings is 1. The van der Waals surface area contributed by atoms with Gasteiger partial charge in [0.25, 0.3) is 0 Å². The van der Waals surface area contributed by atoms with Crippen molar-refractivity contribution in [3.63, 3.8) is 0 Å². The minimum atomic E-state index is 0. The first-order valence-electron chi connectivity index (χ1n) is 8.72. The zero-order valence-electron chi connectivity index (χ0n) is 15.7. The molecule has 0 amide bonds. The Hall–Kier alpha value is -1.65. The number of hydrogen-bond donors (Lipinski definition) is 2. The molecule has 0 aliphatic carbocycles. The summed E-state index contributed by atoms with van der Waals surface area (Å²) >= 11 is 7.78. The minimum absolute atomic E-state index is 0. The molecular formula is C19H23ClIN5OS. The summed E-state index contributed by atoms with van der Waals surface area (Å²) in [7, 11) is 1.76. The number of rotatable bonds is 7. The second-order valence-corrected chi connectivity index (χ2v) is 7.48. The Labute approximate surface area is 190 Å². The highest BCUT2D eigenvalue weighted by Gasteiger charge is 2.10. The summed E-state index contributed by atoms with van der Waals surface area (Å²) in [5.74, 6) is 2.30. The number of halogens is 2. The molecule has 0 saturated carbocycles. The second-order valence-electron chi connectivity index (χ2n) is 6.07. The predicted molar refractivity (Wildman–Crippen MR) is 126 cm³/mol. The molecule has 9 heteroatoms. The zero-order valence-corrected chi connectivity index (χ0v) is 19.6. The molecule has 1 atom stereocenters. The Kier molecular flexibility index (Phi) is 9.20. The smallest absolute Gasteiger partial charge is 0.228 e. The normalized spacial score (nSPS) is 12.3. The molecule has 0 radical (unpaired) electrons. The fourth-order valence-corrected chi connectivity index (χ4v) is 3.51. The number of nitrogens with one attached hydrogen (secondary N) is 2. The van der Waals surface area contributed by atoms with E-state index in [9.17, 15) is 0 Å². The van der Waals surface area contributed by atoms with Crippen LogP contribution in [0.3, 0.4) is 0 Å². The van der Waals surface area contributed by atoms with E-state index in [1.807, 2.05) is 24.3 Å². The van der Waals surface area contributed by atoms with Crippen LogP contribution in [0.15, 0.2) is 51.3 Å². The monoisotopic (exact) mass is 531 g/mol. The summed E-state index contributed by atoms with van der Waals surface area (Å²) < 4.78 is 5.32. The molecule has 0 bridgehead atoms. The maximum Gasteiger partial charge on any atom is 0.228 e. The first-order valence-corrected chi connectivity index (χ1v) is 9.98. The molecule has 2 heterocycles. The number of aromatic nitrogens is 2. The Morgan fingerprint density at radius 2 is 2.14 bits per heavy atom. The van der Waals surface area contributed by atoms with Crippen LogP contribution in [-0.4, -0.2) is 36.2 Å². The Balaban J connectivity index is 0.00000280. The molecule has 2 aromatic heterocycles. The van der Waals surface area contributed by atoms with Crippen LogP contribution in [0, 0.1) is 0 Å². The van der Waals surface area contributed by atoms with Gasteiger partial charge in [0.2, 0.25) is 11.7 Å². The van der Waals surface area contributed by atoms with E-state index in [4.69, 9.17) is 16.1 Å². The second kappa shape index (κ2) is 11.4. The maximum atomic E-state index is 6.00. The lowest BCUT2D eigenvalue weighted by Gasteiger charge is -2.14. The molecule has 3 aromatic rings. The number of hydrogen-bond acceptors (Lipinski definition) is 5. The summed E-state index contributed by atoms with van der Waals surface area (Å²) in [6.45, 7) is 3.66. The van der Waals surface area contributed by atoms with Gasteiger partial charge in [0.05, 0.1) is 0 Å². The van der Waals surface area contributed by atoms with Crippen molar-refractivity contribution in [1.82, 2.24) is 20.8 Å². The van der Waals surface area contributed by atoms with Gasteiger partial charge in [-0.15, -0.1) is 35.3 Å². The van der Waals surface area contributed by atoms with E-state index in [1.165, 1.54) is 4.88 Å². The molecule has 150 valence electrons. The summed E-state index contributed by atoms with van der Waals surface area (Å²) in [5.41, 5.74) is 0.838. The average Bonchev–Trinajstić information content (AvgIpc) is 3.36. The number of aliphatic imine (C=N–C) groups is 1. The molecule has 0 fully saturated rings. The lowest BCUT2D eigenvalue weighted by molar-refractivity contribution is 0.378. The molecule has 6 nitrogen and oxygen atoms in total. The molecular weight excluding hydrogens is 509 g/mol. The summed E-state index contributed by atoms with van der Waals surface area (Å²) in [5, 5.41) is 13.4. The van der Waals surface area contributed by atoms with Gasteiger partial charge in [-0.25, -0.2) is 0 Å². The first kappa shape index (κ1) is 22.6. The lowest BCUT2D eigenvalue weighted by Crippen LogP contribution is -2.39. The van der Waals surface area contributed by atoms with E-state index in [1.54, 1.807) is 18.4 Å². The molecule has 3 rings (SSSR count). The van der Waals surface area contributed by atoms with Gasteiger partial charge in [-0.05, 0) is 23.6 Å². The molecule has 1 unspecified atom stereocenters. The highest BCUT2D eigenvalue weighted by molar-refractivity contribution is 14.0. The van der Waals surface area contributed by atoms with Crippen molar-refractivity contribution >= 4 is 52.9 Å². The highest BCUT2D eigenvalue weighted by Crippen LogP contribution is 2.20. The van der Waals surface area contributed by atoms with Gasteiger partial charge in [-0.2, -0.15) is 4.98 Å². The average molecular weight is 532 g/mol. The van der Waals surface area contributed by atoms with Gasteiger partial charge >= 0.3 is 0 Å². The maximum absolute atomic E-state index is 6.00. The van der Waals surface area contributed by atoms with Crippen molar-refractivity contribution in [3.05, 3.63) is 57.6 Å². The topological polar surface area (TPSA) is 75.3 Å². The Bertz CT molecular complexity index is 884. The summed E-state index contributed by atoms with van der Waals surface area (Å²) in [6, 6.07) is 11.6. The first-order chi connectivity index (χ1) is 13.2. The van der Waals surface area contributed by atoms with E-state index in [0.29, 0.717) is 35.6 Å². The van der Waals surface area contributed by atoms with E-state index >= 15 is 0 Å². The predicted octanol–water partition coefficient (Wildman–Crippen LogP) is 4.58. The van der Waals surface area contributed by atoms with Gasteiger partial charge in [-0.1, -0.05) is 41.9 Å². The van der Waals surface area contributed by atoms with Crippen LogP contribution < -0.4 is 10.6 Å². The molecule has 28 heavy (non-hydrogen) atoms. The quantitative estimate of drug-likeness (QED) is 0.265. The number of benzene rings is 1. The van der Waals surface area contributed by atoms with Crippen LogP contribution in [0.5, 0.6) is 0 Å². The van der Waals surface area contributed by atoms with Crippen molar-refractivity contribution in [3.8, 4) is 11.4 Å². The number of nitrogens with zero attached hydrogens (tertiary/aromatic N) is 3. The van der Waals surface area contributed by atoms with E-state index in [-0.39, 0.29) is 24.0 Å². The largest absolute Gasteiger partial charge is 0.356 e. The molecule has 0 spiro atoms. The van der Waals surface area contributed by atoms with Crippen molar-refractivity contribution in [2.45, 2.75) is 19.3 Å². The van der Waals surface area contributed by atoms with Crippen LogP contribution in [0.4, 0.5) is 0 Å². The van der Waals surface area contributed by atoms with Crippen LogP contribution in [-0.2, 0) is 6.42 Å². The van der Waals surface area contributed by atoms with Gasteiger partial charge in [-0.3, -0.25) is 4.99 Å². The van der Waals surface area contributed by atoms with Crippen LogP contribution >= 0.6 is 46.9 Å². The molecule has 1 aromatic carbocycles. The van der Waals surface area contributed by atoms with Gasteiger partial charge in [0.15, 0.2) is 5.96 Å². The lowest BCUT2D eigenvalue weighted by atomic mass is 10.1. The van der Waals surface area contributed by atoms with Gasteiger partial charge < -0.3 is 15.2 Å². The van der Waals surface area contributed by atoms with E-state index in [2.05, 4.69) is 50.2 Å². The Morgan fingerprint density at radius 3 is 2.86 bits per heavy atom. The van der Waals surface area contributed by atoms with Crippen molar-refractivity contribution in [2.75, 3.05) is 20.1 Å². The standard InChI is InChI=1S/C19H22ClN5OS.HI/c1-13(16-7-4-10-27-16)12-23-19(21-2)22-9-8-17-24-18(25-26-17)14-5-3-6-15(20)11-14;/h3-7,10-11,13H,8-9,12H2,1-2H3,(H2,21,22,23);1H. The van der Waals surface area contributed by atoms with Crippen molar-refractivity contribution < 1.29 is 4.52 Å². The van der Waals surface area contributed by atoms with Crippen LogP contribution in [0.25, 0.3) is 11.4 Å².